The average molecular weight is 152 g/mol. The number of hydrogen-bond donors (Lipinski definition) is 0. The van der Waals surface area contributed by atoms with E-state index in [1.807, 2.05) is 0 Å². The number of hydrogen-bond acceptors (Lipinski definition) is 3. The first-order chi connectivity index (χ1) is 4.00. The predicted octanol–water partition coefficient (Wildman–Crippen LogP) is -3.64. The minimum absolute atomic E-state index is 0. The van der Waals surface area contributed by atoms with Crippen LogP contribution in [0.5, 0.6) is 0 Å². The Kier molecular flexibility index (Phi) is 6.24. The minimum Gasteiger partial charge on any atom is -0.550 e. The van der Waals surface area contributed by atoms with Crippen LogP contribution >= 0.6 is 0 Å². The predicted molar refractivity (Wildman–Crippen MR) is 29.5 cm³/mol. The molecule has 0 aromatic heterocycles. The second-order valence-corrected chi connectivity index (χ2v) is 2.54. The summed E-state index contributed by atoms with van der Waals surface area (Å²) in [5.41, 5.74) is -1.01. The van der Waals surface area contributed by atoms with Gasteiger partial charge in [-0.05, 0) is 0 Å². The summed E-state index contributed by atoms with van der Waals surface area (Å²) < 4.78 is 0. The van der Waals surface area contributed by atoms with Crippen molar-refractivity contribution in [2.45, 2.75) is 20.3 Å². The van der Waals surface area contributed by atoms with Gasteiger partial charge in [-0.15, -0.1) is 0 Å². The molecule has 0 aliphatic carbocycles. The molecule has 10 heavy (non-hydrogen) atoms. The van der Waals surface area contributed by atoms with Crippen molar-refractivity contribution in [3.05, 3.63) is 0 Å². The van der Waals surface area contributed by atoms with E-state index >= 15 is 0 Å². The zero-order valence-electron chi connectivity index (χ0n) is 6.51. The van der Waals surface area contributed by atoms with Crippen molar-refractivity contribution < 1.29 is 44.3 Å². The molecule has 0 amide bonds. The maximum Gasteiger partial charge on any atom is 1.00 e. The normalized spacial score (nSPS) is 9.80. The van der Waals surface area contributed by atoms with Crippen LogP contribution in [0.15, 0.2) is 0 Å². The summed E-state index contributed by atoms with van der Waals surface area (Å²) in [5.74, 6) is -1.19. The van der Waals surface area contributed by atoms with Crippen molar-refractivity contribution in [2.24, 2.45) is 5.41 Å². The van der Waals surface area contributed by atoms with Crippen LogP contribution in [0.1, 0.15) is 20.3 Å². The summed E-state index contributed by atoms with van der Waals surface area (Å²) in [6.45, 7) is 2.91. The Balaban J connectivity index is 0. The first-order valence-corrected chi connectivity index (χ1v) is 2.66. The van der Waals surface area contributed by atoms with Gasteiger partial charge in [0.2, 0.25) is 0 Å². The zero-order valence-corrected chi connectivity index (χ0v) is 8.51. The van der Waals surface area contributed by atoms with Gasteiger partial charge in [-0.25, -0.2) is 0 Å². The summed E-state index contributed by atoms with van der Waals surface area (Å²) in [7, 11) is 0. The fraction of sp³-hybridized carbons (Fsp3) is 0.667. The van der Waals surface area contributed by atoms with E-state index < -0.39 is 11.4 Å². The number of rotatable bonds is 3. The number of carbonyl (C=O) groups is 2. The van der Waals surface area contributed by atoms with Gasteiger partial charge in [-0.3, -0.25) is 0 Å². The number of carbonyl (C=O) groups excluding carboxylic acids is 2. The fourth-order valence-corrected chi connectivity index (χ4v) is 0.292. The summed E-state index contributed by atoms with van der Waals surface area (Å²) >= 11 is 0. The van der Waals surface area contributed by atoms with E-state index in [2.05, 4.69) is 0 Å². The quantitative estimate of drug-likeness (QED) is 0.309. The van der Waals surface area contributed by atoms with Crippen LogP contribution in [0.25, 0.3) is 0 Å². The smallest absolute Gasteiger partial charge is 0.550 e. The van der Waals surface area contributed by atoms with Crippen molar-refractivity contribution in [1.29, 1.82) is 0 Å². The Bertz CT molecular complexity index is 131. The maximum atomic E-state index is 10.1. The molecule has 0 aromatic rings. The van der Waals surface area contributed by atoms with Crippen LogP contribution in [0.3, 0.4) is 0 Å². The Hall–Kier alpha value is 0.140. The van der Waals surface area contributed by atoms with Gasteiger partial charge < -0.3 is 14.7 Å². The fourth-order valence-electron chi connectivity index (χ4n) is 0.292. The Labute approximate surface area is 82.1 Å². The molecule has 3 nitrogen and oxygen atoms in total. The van der Waals surface area contributed by atoms with Crippen LogP contribution in [-0.4, -0.2) is 12.3 Å². The second kappa shape index (κ2) is 4.88. The van der Waals surface area contributed by atoms with Gasteiger partial charge in [-0.1, -0.05) is 13.8 Å². The molecular weight excluding hydrogens is 143 g/mol. The standard InChI is InChI=1S/C6H10O3.Na/c1-6(2,3-4-7)5(8)9;/h4H,3H2,1-2H3,(H,8,9);/q;+1/p-1. The molecule has 0 aromatic carbocycles. The van der Waals surface area contributed by atoms with Crippen molar-refractivity contribution in [1.82, 2.24) is 0 Å². The van der Waals surface area contributed by atoms with Crippen LogP contribution < -0.4 is 34.7 Å². The summed E-state index contributed by atoms with van der Waals surface area (Å²) in [5, 5.41) is 10.1. The maximum absolute atomic E-state index is 10.1. The minimum atomic E-state index is -1.19. The molecular formula is C6H9NaO3. The van der Waals surface area contributed by atoms with E-state index in [1.165, 1.54) is 13.8 Å². The number of aldehydes is 1. The molecule has 0 unspecified atom stereocenters. The zero-order chi connectivity index (χ0) is 7.49. The molecule has 0 rings (SSSR count). The molecule has 0 bridgehead atoms. The van der Waals surface area contributed by atoms with Gasteiger partial charge in [0.1, 0.15) is 6.29 Å². The monoisotopic (exact) mass is 152 g/mol. The second-order valence-electron chi connectivity index (χ2n) is 2.54. The summed E-state index contributed by atoms with van der Waals surface area (Å²) in [6.07, 6.45) is 0.588. The molecule has 4 heteroatoms. The topological polar surface area (TPSA) is 57.2 Å². The van der Waals surface area contributed by atoms with Gasteiger partial charge >= 0.3 is 29.6 Å². The first kappa shape index (κ1) is 12.8. The molecule has 0 fully saturated rings. The molecule has 0 spiro atoms. The molecule has 0 N–H and O–H groups in total. The third-order valence-electron chi connectivity index (χ3n) is 1.15. The third kappa shape index (κ3) is 4.04. The van der Waals surface area contributed by atoms with Crippen LogP contribution in [0, 0.1) is 5.41 Å². The molecule has 0 atom stereocenters. The summed E-state index contributed by atoms with van der Waals surface area (Å²) in [6, 6.07) is 0. The Morgan fingerprint density at radius 2 is 2.00 bits per heavy atom. The molecule has 0 radical (unpaired) electrons. The van der Waals surface area contributed by atoms with Gasteiger partial charge in [0, 0.05) is 17.8 Å². The molecule has 0 aliphatic rings. The van der Waals surface area contributed by atoms with Gasteiger partial charge in [-0.2, -0.15) is 0 Å². The molecule has 52 valence electrons. The summed E-state index contributed by atoms with van der Waals surface area (Å²) in [4.78, 5) is 20.0. The van der Waals surface area contributed by atoms with Gasteiger partial charge in [0.15, 0.2) is 0 Å². The van der Waals surface area contributed by atoms with E-state index in [-0.39, 0.29) is 36.0 Å². The largest absolute Gasteiger partial charge is 1.00 e. The van der Waals surface area contributed by atoms with Crippen LogP contribution in [0.2, 0.25) is 0 Å². The van der Waals surface area contributed by atoms with Gasteiger partial charge in [0.25, 0.3) is 0 Å². The van der Waals surface area contributed by atoms with E-state index in [9.17, 15) is 14.7 Å². The third-order valence-corrected chi connectivity index (χ3v) is 1.15. The molecule has 0 saturated heterocycles. The van der Waals surface area contributed by atoms with Gasteiger partial charge in [0.05, 0.1) is 0 Å². The van der Waals surface area contributed by atoms with E-state index in [0.717, 1.165) is 0 Å². The van der Waals surface area contributed by atoms with Crippen LogP contribution in [0.4, 0.5) is 0 Å². The van der Waals surface area contributed by atoms with Crippen molar-refractivity contribution in [3.63, 3.8) is 0 Å². The SMILES string of the molecule is CC(C)(CC=O)C(=O)[O-].[Na+]. The molecule has 0 saturated carbocycles. The number of aliphatic carboxylic acids is 1. The van der Waals surface area contributed by atoms with Crippen molar-refractivity contribution in [3.8, 4) is 0 Å². The van der Waals surface area contributed by atoms with Crippen molar-refractivity contribution in [2.75, 3.05) is 0 Å². The Morgan fingerprint density at radius 3 is 2.10 bits per heavy atom. The van der Waals surface area contributed by atoms with Crippen LogP contribution in [-0.2, 0) is 9.59 Å². The molecule has 0 heterocycles. The van der Waals surface area contributed by atoms with E-state index in [4.69, 9.17) is 0 Å². The van der Waals surface area contributed by atoms with E-state index in [0.29, 0.717) is 6.29 Å². The average Bonchev–Trinajstić information content (AvgIpc) is 1.65. The van der Waals surface area contributed by atoms with E-state index in [1.54, 1.807) is 0 Å². The number of carboxylic acids is 1. The first-order valence-electron chi connectivity index (χ1n) is 2.66. The Morgan fingerprint density at radius 1 is 1.60 bits per heavy atom. The molecule has 0 aliphatic heterocycles. The number of carboxylic acid groups (broad SMARTS) is 1. The van der Waals surface area contributed by atoms with Crippen molar-refractivity contribution >= 4 is 12.3 Å².